The largest absolute Gasteiger partial charge is 0.476 e. The number of aromatic nitrogens is 2. The van der Waals surface area contributed by atoms with Crippen LogP contribution in [-0.2, 0) is 25.9 Å². The predicted octanol–water partition coefficient (Wildman–Crippen LogP) is 2.94. The lowest BCUT2D eigenvalue weighted by Crippen LogP contribution is -2.51. The molecule has 1 N–H and O–H groups in total. The average Bonchev–Trinajstić information content (AvgIpc) is 3.06. The highest BCUT2D eigenvalue weighted by Gasteiger charge is 2.32. The molecule has 0 spiro atoms. The molecule has 1 unspecified atom stereocenters. The fraction of sp³-hybridized carbons (Fsp3) is 0.545. The monoisotopic (exact) mass is 418 g/mol. The second-order valence-electron chi connectivity index (χ2n) is 8.29. The van der Waals surface area contributed by atoms with Gasteiger partial charge in [-0.15, -0.1) is 0 Å². The van der Waals surface area contributed by atoms with Gasteiger partial charge in [0.25, 0.3) is 0 Å². The number of aromatic carboxylic acids is 1. The number of fused-ring (bicyclic) bond motifs is 1. The number of carboxylic acid groups (broad SMARTS) is 1. The third kappa shape index (κ3) is 4.39. The SMILES string of the molecule is CCCn1nc(C(=O)O)c2c1CCC(N1CCN(Cc3cc(F)cc(F)c3)CC1)C2. The second kappa shape index (κ2) is 8.81. The van der Waals surface area contributed by atoms with Crippen LogP contribution in [0.1, 0.15) is 47.1 Å². The highest BCUT2D eigenvalue weighted by atomic mass is 19.1. The Kier molecular flexibility index (Phi) is 6.15. The standard InChI is InChI=1S/C22H28F2N4O2/c1-2-5-28-20-4-3-18(13-19(20)21(25-28)22(29)30)27-8-6-26(7-9-27)14-15-10-16(23)12-17(24)11-15/h10-12,18H,2-9,13-14H2,1H3,(H,29,30). The van der Waals surface area contributed by atoms with E-state index in [1.54, 1.807) is 0 Å². The van der Waals surface area contributed by atoms with Gasteiger partial charge in [0, 0.05) is 62.6 Å². The topological polar surface area (TPSA) is 61.6 Å². The van der Waals surface area contributed by atoms with Gasteiger partial charge in [-0.1, -0.05) is 6.92 Å². The molecule has 1 aromatic carbocycles. The molecule has 1 fully saturated rings. The zero-order chi connectivity index (χ0) is 21.3. The van der Waals surface area contributed by atoms with E-state index in [1.165, 1.54) is 12.1 Å². The first-order valence-corrected chi connectivity index (χ1v) is 10.7. The molecule has 1 aromatic heterocycles. The minimum absolute atomic E-state index is 0.204. The van der Waals surface area contributed by atoms with Crippen molar-refractivity contribution in [1.82, 2.24) is 19.6 Å². The summed E-state index contributed by atoms with van der Waals surface area (Å²) in [5.41, 5.74) is 2.83. The van der Waals surface area contributed by atoms with Crippen molar-refractivity contribution in [3.8, 4) is 0 Å². The highest BCUT2D eigenvalue weighted by molar-refractivity contribution is 5.87. The molecule has 30 heavy (non-hydrogen) atoms. The van der Waals surface area contributed by atoms with Crippen molar-refractivity contribution in [2.24, 2.45) is 0 Å². The van der Waals surface area contributed by atoms with Crippen molar-refractivity contribution < 1.29 is 18.7 Å². The van der Waals surface area contributed by atoms with Crippen LogP contribution in [-0.4, -0.2) is 62.9 Å². The van der Waals surface area contributed by atoms with Gasteiger partial charge in [0.05, 0.1) is 0 Å². The van der Waals surface area contributed by atoms with Gasteiger partial charge in [-0.3, -0.25) is 14.5 Å². The van der Waals surface area contributed by atoms with Crippen LogP contribution in [0.15, 0.2) is 18.2 Å². The van der Waals surface area contributed by atoms with E-state index >= 15 is 0 Å². The average molecular weight is 418 g/mol. The summed E-state index contributed by atoms with van der Waals surface area (Å²) in [5, 5.41) is 13.9. The molecule has 1 aliphatic heterocycles. The smallest absolute Gasteiger partial charge is 0.356 e. The molecule has 1 atom stereocenters. The van der Waals surface area contributed by atoms with Crippen LogP contribution in [0.2, 0.25) is 0 Å². The number of benzene rings is 1. The molecule has 0 amide bonds. The van der Waals surface area contributed by atoms with Crippen LogP contribution in [0.3, 0.4) is 0 Å². The lowest BCUT2D eigenvalue weighted by atomic mass is 9.90. The van der Waals surface area contributed by atoms with E-state index in [-0.39, 0.29) is 5.69 Å². The maximum atomic E-state index is 13.4. The summed E-state index contributed by atoms with van der Waals surface area (Å²) < 4.78 is 28.7. The zero-order valence-electron chi connectivity index (χ0n) is 17.3. The normalized spacial score (nSPS) is 20.3. The van der Waals surface area contributed by atoms with E-state index in [1.807, 2.05) is 4.68 Å². The Bertz CT molecular complexity index is 902. The Morgan fingerprint density at radius 3 is 2.50 bits per heavy atom. The summed E-state index contributed by atoms with van der Waals surface area (Å²) >= 11 is 0. The summed E-state index contributed by atoms with van der Waals surface area (Å²) in [6.45, 7) is 6.72. The number of aryl methyl sites for hydroxylation is 1. The number of hydrogen-bond donors (Lipinski definition) is 1. The number of piperazine rings is 1. The van der Waals surface area contributed by atoms with Crippen molar-refractivity contribution in [2.45, 2.75) is 51.7 Å². The van der Waals surface area contributed by atoms with Crippen LogP contribution < -0.4 is 0 Å². The van der Waals surface area contributed by atoms with Gasteiger partial charge < -0.3 is 5.11 Å². The van der Waals surface area contributed by atoms with Gasteiger partial charge in [0.1, 0.15) is 11.6 Å². The van der Waals surface area contributed by atoms with Gasteiger partial charge in [0.2, 0.25) is 0 Å². The van der Waals surface area contributed by atoms with Crippen LogP contribution >= 0.6 is 0 Å². The van der Waals surface area contributed by atoms with Crippen LogP contribution in [0.5, 0.6) is 0 Å². The van der Waals surface area contributed by atoms with Crippen LogP contribution in [0.25, 0.3) is 0 Å². The van der Waals surface area contributed by atoms with E-state index < -0.39 is 17.6 Å². The van der Waals surface area contributed by atoms with Crippen molar-refractivity contribution in [1.29, 1.82) is 0 Å². The molecule has 1 saturated heterocycles. The molecule has 8 heteroatoms. The van der Waals surface area contributed by atoms with Crippen molar-refractivity contribution in [3.63, 3.8) is 0 Å². The summed E-state index contributed by atoms with van der Waals surface area (Å²) in [7, 11) is 0. The molecular weight excluding hydrogens is 390 g/mol. The van der Waals surface area contributed by atoms with Crippen molar-refractivity contribution >= 4 is 5.97 Å². The van der Waals surface area contributed by atoms with E-state index in [0.29, 0.717) is 18.2 Å². The van der Waals surface area contributed by atoms with Crippen molar-refractivity contribution in [3.05, 3.63) is 52.3 Å². The molecule has 0 radical (unpaired) electrons. The summed E-state index contributed by atoms with van der Waals surface area (Å²) in [4.78, 5) is 16.3. The Balaban J connectivity index is 1.39. The second-order valence-corrected chi connectivity index (χ2v) is 8.29. The Morgan fingerprint density at radius 1 is 1.17 bits per heavy atom. The van der Waals surface area contributed by atoms with Crippen LogP contribution in [0, 0.1) is 11.6 Å². The number of rotatable bonds is 6. The van der Waals surface area contributed by atoms with Crippen molar-refractivity contribution in [2.75, 3.05) is 26.2 Å². The maximum Gasteiger partial charge on any atom is 0.356 e. The fourth-order valence-electron chi connectivity index (χ4n) is 4.80. The number of nitrogens with zero attached hydrogens (tertiary/aromatic N) is 4. The lowest BCUT2D eigenvalue weighted by Gasteiger charge is -2.40. The molecule has 0 bridgehead atoms. The molecule has 1 aliphatic carbocycles. The summed E-state index contributed by atoms with van der Waals surface area (Å²) in [6.07, 6.45) is 3.49. The molecule has 0 saturated carbocycles. The predicted molar refractivity (Wildman–Crippen MR) is 108 cm³/mol. The van der Waals surface area contributed by atoms with Gasteiger partial charge >= 0.3 is 5.97 Å². The molecule has 162 valence electrons. The first-order valence-electron chi connectivity index (χ1n) is 10.7. The van der Waals surface area contributed by atoms with Gasteiger partial charge in [-0.25, -0.2) is 13.6 Å². The first kappa shape index (κ1) is 20.9. The minimum atomic E-state index is -0.950. The molecule has 4 rings (SSSR count). The van der Waals surface area contributed by atoms with Crippen LogP contribution in [0.4, 0.5) is 8.78 Å². The number of carbonyl (C=O) groups is 1. The quantitative estimate of drug-likeness (QED) is 0.782. The summed E-state index contributed by atoms with van der Waals surface area (Å²) in [5.74, 6) is -2.03. The number of halogens is 2. The van der Waals surface area contributed by atoms with E-state index in [9.17, 15) is 18.7 Å². The lowest BCUT2D eigenvalue weighted by molar-refractivity contribution is 0.0684. The zero-order valence-corrected chi connectivity index (χ0v) is 17.3. The van der Waals surface area contributed by atoms with E-state index in [4.69, 9.17) is 0 Å². The first-order chi connectivity index (χ1) is 14.4. The Morgan fingerprint density at radius 2 is 1.87 bits per heavy atom. The molecular formula is C22H28F2N4O2. The minimum Gasteiger partial charge on any atom is -0.476 e. The molecule has 2 heterocycles. The summed E-state index contributed by atoms with van der Waals surface area (Å²) in [6, 6.07) is 3.98. The third-order valence-corrected chi connectivity index (χ3v) is 6.21. The van der Waals surface area contributed by atoms with Gasteiger partial charge in [0.15, 0.2) is 5.69 Å². The molecule has 6 nitrogen and oxygen atoms in total. The van der Waals surface area contributed by atoms with Gasteiger partial charge in [-0.05, 0) is 43.4 Å². The van der Waals surface area contributed by atoms with Gasteiger partial charge in [-0.2, -0.15) is 5.10 Å². The Hall–Kier alpha value is -2.32. The van der Waals surface area contributed by atoms with E-state index in [0.717, 1.165) is 75.7 Å². The third-order valence-electron chi connectivity index (χ3n) is 6.21. The Labute approximate surface area is 175 Å². The highest BCUT2D eigenvalue weighted by Crippen LogP contribution is 2.28. The molecule has 2 aromatic rings. The number of hydrogen-bond acceptors (Lipinski definition) is 4. The molecule has 2 aliphatic rings. The fourth-order valence-corrected chi connectivity index (χ4v) is 4.80. The number of carboxylic acids is 1. The van der Waals surface area contributed by atoms with E-state index in [2.05, 4.69) is 21.8 Å². The maximum absolute atomic E-state index is 13.4.